The molecule has 1 aliphatic heterocycles. The smallest absolute Gasteiger partial charge is 0.257 e. The summed E-state index contributed by atoms with van der Waals surface area (Å²) < 4.78 is 6.63. The summed E-state index contributed by atoms with van der Waals surface area (Å²) in [5, 5.41) is 0. The molecule has 0 bridgehead atoms. The largest absolute Gasteiger partial charge is 0.290 e. The number of carbonyl (C=O) groups excluding carboxylic acids is 1. The zero-order chi connectivity index (χ0) is 18.8. The van der Waals surface area contributed by atoms with Crippen LogP contribution >= 0.6 is 31.9 Å². The molecule has 1 aromatic heterocycles. The van der Waals surface area contributed by atoms with E-state index in [1.165, 1.54) is 36.3 Å². The van der Waals surface area contributed by atoms with E-state index >= 15 is 0 Å². The lowest BCUT2D eigenvalue weighted by Crippen LogP contribution is -2.40. The van der Waals surface area contributed by atoms with Crippen LogP contribution < -0.4 is 4.57 Å². The van der Waals surface area contributed by atoms with Crippen LogP contribution in [0, 0.1) is 0 Å². The van der Waals surface area contributed by atoms with Crippen LogP contribution in [0.15, 0.2) is 63.7 Å². The first kappa shape index (κ1) is 18.6. The zero-order valence-corrected chi connectivity index (χ0v) is 18.2. The van der Waals surface area contributed by atoms with E-state index in [2.05, 4.69) is 71.5 Å². The molecule has 5 heteroatoms. The van der Waals surface area contributed by atoms with Gasteiger partial charge >= 0.3 is 0 Å². The minimum atomic E-state index is 0.146. The molecule has 0 N–H and O–H groups in total. The van der Waals surface area contributed by atoms with Crippen LogP contribution in [0.4, 0.5) is 0 Å². The number of aromatic nitrogens is 2. The summed E-state index contributed by atoms with van der Waals surface area (Å²) in [6.07, 6.45) is 6.77. The molecule has 0 spiro atoms. The fraction of sp³-hybridized carbons (Fsp3) is 0.273. The molecule has 0 radical (unpaired) electrons. The average molecular weight is 489 g/mol. The van der Waals surface area contributed by atoms with Crippen molar-refractivity contribution >= 4 is 37.6 Å². The zero-order valence-electron chi connectivity index (χ0n) is 15.0. The van der Waals surface area contributed by atoms with Gasteiger partial charge in [0.05, 0.1) is 6.54 Å². The fourth-order valence-corrected chi connectivity index (χ4v) is 4.24. The van der Waals surface area contributed by atoms with Crippen molar-refractivity contribution < 1.29 is 9.36 Å². The molecule has 1 aliphatic rings. The van der Waals surface area contributed by atoms with Crippen molar-refractivity contribution in [1.29, 1.82) is 0 Å². The van der Waals surface area contributed by atoms with E-state index in [4.69, 9.17) is 0 Å². The number of imidazole rings is 1. The molecule has 4 rings (SSSR count). The number of fused-ring (bicyclic) bond motifs is 1. The monoisotopic (exact) mass is 487 g/mol. The third-order valence-corrected chi connectivity index (χ3v) is 6.17. The Morgan fingerprint density at radius 1 is 0.926 bits per heavy atom. The quantitative estimate of drug-likeness (QED) is 0.348. The second kappa shape index (κ2) is 8.11. The Labute approximate surface area is 176 Å². The van der Waals surface area contributed by atoms with E-state index in [1.54, 1.807) is 0 Å². The molecular formula is C22H21Br2N2O+. The van der Waals surface area contributed by atoms with Gasteiger partial charge in [0.1, 0.15) is 6.20 Å². The van der Waals surface area contributed by atoms with Crippen LogP contribution in [0.3, 0.4) is 0 Å². The Bertz CT molecular complexity index is 959. The van der Waals surface area contributed by atoms with Gasteiger partial charge in [-0.25, -0.2) is 9.13 Å². The summed E-state index contributed by atoms with van der Waals surface area (Å²) >= 11 is 6.94. The number of hydrogen-bond donors (Lipinski definition) is 0. The summed E-state index contributed by atoms with van der Waals surface area (Å²) in [5.41, 5.74) is 3.14. The molecule has 0 saturated carbocycles. The maximum atomic E-state index is 12.8. The van der Waals surface area contributed by atoms with E-state index in [-0.39, 0.29) is 5.78 Å². The van der Waals surface area contributed by atoms with E-state index in [0.717, 1.165) is 27.5 Å². The highest BCUT2D eigenvalue weighted by Crippen LogP contribution is 2.25. The lowest BCUT2D eigenvalue weighted by Gasteiger charge is -2.03. The molecule has 0 fully saturated rings. The van der Waals surface area contributed by atoms with Gasteiger partial charge in [-0.05, 0) is 55.7 Å². The highest BCUT2D eigenvalue weighted by molar-refractivity contribution is 9.10. The topological polar surface area (TPSA) is 25.9 Å². The number of halogens is 2. The van der Waals surface area contributed by atoms with Gasteiger partial charge in [-0.3, -0.25) is 4.79 Å². The number of carbonyl (C=O) groups is 1. The lowest BCUT2D eigenvalue weighted by atomic mass is 10.1. The van der Waals surface area contributed by atoms with E-state index < -0.39 is 0 Å². The SMILES string of the molecule is O=C(C[n+]1cc(-c2ccc(Br)cc2)n2c1CCCCC2)c1ccc(Br)cc1. The van der Waals surface area contributed by atoms with Gasteiger partial charge in [0.2, 0.25) is 5.78 Å². The Kier molecular flexibility index (Phi) is 5.60. The number of rotatable bonds is 4. The van der Waals surface area contributed by atoms with Crippen molar-refractivity contribution in [2.24, 2.45) is 0 Å². The summed E-state index contributed by atoms with van der Waals surface area (Å²) in [6, 6.07) is 16.0. The second-order valence-corrected chi connectivity index (χ2v) is 8.79. The van der Waals surface area contributed by atoms with Crippen LogP contribution in [0.1, 0.15) is 35.4 Å². The third kappa shape index (κ3) is 4.09. The first-order chi connectivity index (χ1) is 13.1. The molecule has 2 aromatic carbocycles. The van der Waals surface area contributed by atoms with Gasteiger partial charge in [-0.2, -0.15) is 0 Å². The van der Waals surface area contributed by atoms with Crippen LogP contribution in [0.5, 0.6) is 0 Å². The molecule has 27 heavy (non-hydrogen) atoms. The van der Waals surface area contributed by atoms with Gasteiger partial charge in [0, 0.05) is 26.5 Å². The predicted octanol–water partition coefficient (Wildman–Crippen LogP) is 5.58. The Morgan fingerprint density at radius 2 is 1.59 bits per heavy atom. The minimum absolute atomic E-state index is 0.146. The van der Waals surface area contributed by atoms with E-state index in [0.29, 0.717) is 6.54 Å². The van der Waals surface area contributed by atoms with Crippen LogP contribution in [0.2, 0.25) is 0 Å². The number of Topliss-reactive ketones (excluding diaryl/α,β-unsaturated/α-hetero) is 1. The maximum absolute atomic E-state index is 12.8. The summed E-state index contributed by atoms with van der Waals surface area (Å²) in [6.45, 7) is 1.40. The van der Waals surface area contributed by atoms with E-state index in [1.807, 2.05) is 24.3 Å². The molecule has 3 aromatic rings. The normalized spacial score (nSPS) is 13.9. The van der Waals surface area contributed by atoms with Crippen LogP contribution in [-0.4, -0.2) is 10.4 Å². The fourth-order valence-electron chi connectivity index (χ4n) is 3.71. The highest BCUT2D eigenvalue weighted by Gasteiger charge is 2.27. The number of hydrogen-bond acceptors (Lipinski definition) is 1. The van der Waals surface area contributed by atoms with Crippen LogP contribution in [-0.2, 0) is 19.5 Å². The predicted molar refractivity (Wildman–Crippen MR) is 114 cm³/mol. The Hall–Kier alpha value is -1.72. The minimum Gasteiger partial charge on any atom is -0.290 e. The average Bonchev–Trinajstić information content (AvgIpc) is 2.84. The van der Waals surface area contributed by atoms with Crippen molar-refractivity contribution in [3.63, 3.8) is 0 Å². The molecule has 2 heterocycles. The number of ketones is 1. The molecule has 0 saturated heterocycles. The van der Waals surface area contributed by atoms with E-state index in [9.17, 15) is 4.79 Å². The number of benzene rings is 2. The van der Waals surface area contributed by atoms with Gasteiger partial charge in [-0.1, -0.05) is 44.0 Å². The number of nitrogens with zero attached hydrogens (tertiary/aromatic N) is 2. The van der Waals surface area contributed by atoms with Crippen molar-refractivity contribution in [1.82, 2.24) is 4.57 Å². The summed E-state index contributed by atoms with van der Waals surface area (Å²) in [5.74, 6) is 1.41. The Morgan fingerprint density at radius 3 is 2.30 bits per heavy atom. The molecule has 0 atom stereocenters. The lowest BCUT2D eigenvalue weighted by molar-refractivity contribution is -0.690. The van der Waals surface area contributed by atoms with Crippen molar-refractivity contribution in [3.8, 4) is 11.3 Å². The summed E-state index contributed by atoms with van der Waals surface area (Å²) in [7, 11) is 0. The standard InChI is InChI=1S/C22H21Br2N2O/c23-18-9-5-16(6-10-18)20-14-25(22-4-2-1-3-13-26(20)22)15-21(27)17-7-11-19(24)12-8-17/h5-12,14H,1-4,13,15H2/q+1. The first-order valence-electron chi connectivity index (χ1n) is 9.28. The second-order valence-electron chi connectivity index (χ2n) is 6.96. The molecule has 0 unspecified atom stereocenters. The van der Waals surface area contributed by atoms with Gasteiger partial charge in [-0.15, -0.1) is 0 Å². The Balaban J connectivity index is 1.71. The maximum Gasteiger partial charge on any atom is 0.257 e. The third-order valence-electron chi connectivity index (χ3n) is 5.11. The molecular weight excluding hydrogens is 468 g/mol. The van der Waals surface area contributed by atoms with Gasteiger partial charge in [0.25, 0.3) is 5.82 Å². The molecule has 0 aliphatic carbocycles. The summed E-state index contributed by atoms with van der Waals surface area (Å²) in [4.78, 5) is 12.8. The van der Waals surface area contributed by atoms with Crippen molar-refractivity contribution in [2.45, 2.75) is 38.8 Å². The van der Waals surface area contributed by atoms with Crippen molar-refractivity contribution in [3.05, 3.63) is 75.1 Å². The first-order valence-corrected chi connectivity index (χ1v) is 10.9. The molecule has 0 amide bonds. The molecule has 138 valence electrons. The molecule has 3 nitrogen and oxygen atoms in total. The van der Waals surface area contributed by atoms with Crippen LogP contribution in [0.25, 0.3) is 11.3 Å². The van der Waals surface area contributed by atoms with Gasteiger partial charge < -0.3 is 0 Å². The highest BCUT2D eigenvalue weighted by atomic mass is 79.9. The van der Waals surface area contributed by atoms with Crippen molar-refractivity contribution in [2.75, 3.05) is 0 Å². The van der Waals surface area contributed by atoms with Gasteiger partial charge in [0.15, 0.2) is 12.2 Å².